The van der Waals surface area contributed by atoms with Gasteiger partial charge in [0.2, 0.25) is 21.8 Å². The number of benzene rings is 2. The van der Waals surface area contributed by atoms with E-state index in [2.05, 4.69) is 5.32 Å². The van der Waals surface area contributed by atoms with Gasteiger partial charge in [-0.05, 0) is 57.0 Å². The predicted octanol–water partition coefficient (Wildman–Crippen LogP) is 3.83. The van der Waals surface area contributed by atoms with Gasteiger partial charge in [-0.2, -0.15) is 0 Å². The molecule has 180 valence electrons. The third-order valence-electron chi connectivity index (χ3n) is 4.87. The maximum absolute atomic E-state index is 13.5. The molecule has 1 N–H and O–H groups in total. The molecule has 0 radical (unpaired) electrons. The van der Waals surface area contributed by atoms with E-state index in [0.717, 1.165) is 16.1 Å². The maximum atomic E-state index is 13.5. The van der Waals surface area contributed by atoms with Gasteiger partial charge in [0.05, 0.1) is 11.9 Å². The highest BCUT2D eigenvalue weighted by atomic mass is 35.5. The highest BCUT2D eigenvalue weighted by molar-refractivity contribution is 7.92. The summed E-state index contributed by atoms with van der Waals surface area (Å²) in [5, 5.41) is 3.39. The van der Waals surface area contributed by atoms with Crippen LogP contribution in [0.1, 0.15) is 39.7 Å². The number of amides is 2. The normalized spacial score (nSPS) is 12.7. The molecule has 0 saturated carbocycles. The van der Waals surface area contributed by atoms with Crippen molar-refractivity contribution >= 4 is 39.1 Å². The number of sulfonamides is 1. The molecule has 0 aliphatic carbocycles. The van der Waals surface area contributed by atoms with Crippen LogP contribution in [0.25, 0.3) is 0 Å². The quantitative estimate of drug-likeness (QED) is 0.575. The molecule has 0 aliphatic rings. The summed E-state index contributed by atoms with van der Waals surface area (Å²) in [6, 6.07) is 14.7. The molecule has 0 fully saturated rings. The van der Waals surface area contributed by atoms with Crippen molar-refractivity contribution in [3.63, 3.8) is 0 Å². The van der Waals surface area contributed by atoms with Crippen LogP contribution in [-0.2, 0) is 26.2 Å². The Morgan fingerprint density at radius 3 is 2.09 bits per heavy atom. The summed E-state index contributed by atoms with van der Waals surface area (Å²) in [7, 11) is -3.77. The maximum Gasteiger partial charge on any atom is 0.244 e. The van der Waals surface area contributed by atoms with Gasteiger partial charge in [0.15, 0.2) is 0 Å². The van der Waals surface area contributed by atoms with Crippen molar-refractivity contribution in [1.82, 2.24) is 10.2 Å². The van der Waals surface area contributed by atoms with Crippen molar-refractivity contribution in [3.8, 4) is 0 Å². The first-order valence-corrected chi connectivity index (χ1v) is 12.9. The van der Waals surface area contributed by atoms with Gasteiger partial charge in [-0.25, -0.2) is 8.42 Å². The van der Waals surface area contributed by atoms with E-state index >= 15 is 0 Å². The molecule has 7 nitrogen and oxygen atoms in total. The molecule has 2 aromatic carbocycles. The zero-order valence-electron chi connectivity index (χ0n) is 19.7. The number of rotatable bonds is 9. The molecule has 0 aromatic heterocycles. The van der Waals surface area contributed by atoms with Crippen molar-refractivity contribution in [3.05, 3.63) is 65.2 Å². The largest absolute Gasteiger partial charge is 0.350 e. The molecule has 2 amide bonds. The summed E-state index contributed by atoms with van der Waals surface area (Å²) in [5.74, 6) is -0.762. The fourth-order valence-corrected chi connectivity index (χ4v) is 4.35. The van der Waals surface area contributed by atoms with Gasteiger partial charge < -0.3 is 10.2 Å². The Bertz CT molecular complexity index is 1050. The summed E-state index contributed by atoms with van der Waals surface area (Å²) in [4.78, 5) is 28.0. The number of halogens is 1. The second-order valence-corrected chi connectivity index (χ2v) is 11.3. The van der Waals surface area contributed by atoms with Gasteiger partial charge in [-0.1, -0.05) is 48.9 Å². The lowest BCUT2D eigenvalue weighted by Crippen LogP contribution is -2.55. The van der Waals surface area contributed by atoms with Gasteiger partial charge in [0.25, 0.3) is 0 Å². The van der Waals surface area contributed by atoms with Crippen LogP contribution in [0.15, 0.2) is 54.6 Å². The second kappa shape index (κ2) is 11.0. The third-order valence-corrected chi connectivity index (χ3v) is 6.27. The highest BCUT2D eigenvalue weighted by Gasteiger charge is 2.33. The minimum Gasteiger partial charge on any atom is -0.350 e. The first kappa shape index (κ1) is 26.7. The standard InChI is InChI=1S/C24H32ClN3O4S/c1-6-21(23(30)26-24(2,3)4)27(16-18-10-8-7-9-11-18)22(29)17-28(33(5,31)32)20-14-12-19(25)13-15-20/h7-15,21H,6,16-17H2,1-5H3,(H,26,30)/t21-/m1/s1. The number of hydrogen-bond acceptors (Lipinski definition) is 4. The number of nitrogens with zero attached hydrogens (tertiary/aromatic N) is 2. The molecule has 2 aromatic rings. The Morgan fingerprint density at radius 1 is 1.03 bits per heavy atom. The summed E-state index contributed by atoms with van der Waals surface area (Å²) < 4.78 is 26.1. The minimum atomic E-state index is -3.77. The molecule has 33 heavy (non-hydrogen) atoms. The monoisotopic (exact) mass is 493 g/mol. The molecular weight excluding hydrogens is 462 g/mol. The summed E-state index contributed by atoms with van der Waals surface area (Å²) in [5.41, 5.74) is 0.681. The topological polar surface area (TPSA) is 86.8 Å². The molecular formula is C24H32ClN3O4S. The molecule has 0 bridgehead atoms. The second-order valence-electron chi connectivity index (χ2n) is 8.92. The van der Waals surface area contributed by atoms with Gasteiger partial charge in [-0.3, -0.25) is 13.9 Å². The molecule has 0 unspecified atom stereocenters. The van der Waals surface area contributed by atoms with E-state index in [9.17, 15) is 18.0 Å². The Hall–Kier alpha value is -2.58. The number of nitrogens with one attached hydrogen (secondary N) is 1. The number of carbonyl (C=O) groups excluding carboxylic acids is 2. The first-order valence-electron chi connectivity index (χ1n) is 10.7. The molecule has 2 rings (SSSR count). The van der Waals surface area contributed by atoms with Crippen LogP contribution in [0.3, 0.4) is 0 Å². The Labute approximate surface area is 201 Å². The van der Waals surface area contributed by atoms with Crippen molar-refractivity contribution in [1.29, 1.82) is 0 Å². The molecule has 9 heteroatoms. The average Bonchev–Trinajstić information content (AvgIpc) is 2.71. The zero-order valence-corrected chi connectivity index (χ0v) is 21.3. The minimum absolute atomic E-state index is 0.175. The van der Waals surface area contributed by atoms with Crippen molar-refractivity contribution < 1.29 is 18.0 Å². The predicted molar refractivity (Wildman–Crippen MR) is 133 cm³/mol. The van der Waals surface area contributed by atoms with Gasteiger partial charge >= 0.3 is 0 Å². The SMILES string of the molecule is CC[C@H](C(=O)NC(C)(C)C)N(Cc1ccccc1)C(=O)CN(c1ccc(Cl)cc1)S(C)(=O)=O. The van der Waals surface area contributed by atoms with Crippen LogP contribution in [0.2, 0.25) is 5.02 Å². The summed E-state index contributed by atoms with van der Waals surface area (Å²) in [6.45, 7) is 7.17. The smallest absolute Gasteiger partial charge is 0.244 e. The van der Waals surface area contributed by atoms with Crippen LogP contribution in [-0.4, -0.2) is 49.5 Å². The Morgan fingerprint density at radius 2 is 1.61 bits per heavy atom. The fraction of sp³-hybridized carbons (Fsp3) is 0.417. The van der Waals surface area contributed by atoms with Crippen LogP contribution in [0.5, 0.6) is 0 Å². The summed E-state index contributed by atoms with van der Waals surface area (Å²) >= 11 is 5.94. The van der Waals surface area contributed by atoms with Gasteiger partial charge in [0.1, 0.15) is 12.6 Å². The molecule has 1 atom stereocenters. The fourth-order valence-electron chi connectivity index (χ4n) is 3.37. The molecule has 0 saturated heterocycles. The van der Waals surface area contributed by atoms with Crippen LogP contribution in [0.4, 0.5) is 5.69 Å². The van der Waals surface area contributed by atoms with E-state index in [4.69, 9.17) is 11.6 Å². The number of carbonyl (C=O) groups is 2. The third kappa shape index (κ3) is 8.05. The van der Waals surface area contributed by atoms with E-state index in [0.29, 0.717) is 17.1 Å². The van der Waals surface area contributed by atoms with Gasteiger partial charge in [0, 0.05) is 17.1 Å². The number of anilines is 1. The van der Waals surface area contributed by atoms with Crippen molar-refractivity contribution in [2.75, 3.05) is 17.1 Å². The van der Waals surface area contributed by atoms with Crippen LogP contribution < -0.4 is 9.62 Å². The van der Waals surface area contributed by atoms with E-state index < -0.39 is 34.1 Å². The Kier molecular flexibility index (Phi) is 8.91. The van der Waals surface area contributed by atoms with E-state index in [-0.39, 0.29) is 12.5 Å². The van der Waals surface area contributed by atoms with Crippen LogP contribution in [0, 0.1) is 0 Å². The highest BCUT2D eigenvalue weighted by Crippen LogP contribution is 2.22. The van der Waals surface area contributed by atoms with Crippen LogP contribution >= 0.6 is 11.6 Å². The average molecular weight is 494 g/mol. The lowest BCUT2D eigenvalue weighted by molar-refractivity contribution is -0.141. The lowest BCUT2D eigenvalue weighted by Gasteiger charge is -2.34. The van der Waals surface area contributed by atoms with E-state index in [1.165, 1.54) is 4.90 Å². The lowest BCUT2D eigenvalue weighted by atomic mass is 10.1. The molecule has 0 spiro atoms. The number of hydrogen-bond donors (Lipinski definition) is 1. The van der Waals surface area contributed by atoms with E-state index in [1.54, 1.807) is 24.3 Å². The van der Waals surface area contributed by atoms with Crippen molar-refractivity contribution in [2.45, 2.75) is 52.2 Å². The molecule has 0 heterocycles. The van der Waals surface area contributed by atoms with Gasteiger partial charge in [-0.15, -0.1) is 0 Å². The molecule has 0 aliphatic heterocycles. The first-order chi connectivity index (χ1) is 15.3. The van der Waals surface area contributed by atoms with Crippen molar-refractivity contribution in [2.24, 2.45) is 0 Å². The zero-order chi connectivity index (χ0) is 24.8. The Balaban J connectivity index is 2.42. The summed E-state index contributed by atoms with van der Waals surface area (Å²) in [6.07, 6.45) is 1.42. The van der Waals surface area contributed by atoms with E-state index in [1.807, 2.05) is 58.0 Å².